The third-order valence-corrected chi connectivity index (χ3v) is 4.87. The normalized spacial score (nSPS) is 10.7. The molecule has 0 aliphatic heterocycles. The molecule has 9 heteroatoms. The van der Waals surface area contributed by atoms with Crippen molar-refractivity contribution in [3.05, 3.63) is 88.5 Å². The first kappa shape index (κ1) is 21.8. The highest BCUT2D eigenvalue weighted by molar-refractivity contribution is 6.04. The Balaban J connectivity index is 1.52. The van der Waals surface area contributed by atoms with Crippen LogP contribution in [0.5, 0.6) is 5.75 Å². The summed E-state index contributed by atoms with van der Waals surface area (Å²) in [5, 5.41) is 9.74. The number of benzene rings is 2. The minimum atomic E-state index is -0.525. The second-order valence-corrected chi connectivity index (χ2v) is 7.39. The van der Waals surface area contributed by atoms with Crippen LogP contribution in [0.2, 0.25) is 0 Å². The number of anilines is 2. The quantitative estimate of drug-likeness (QED) is 0.455. The van der Waals surface area contributed by atoms with Gasteiger partial charge in [-0.2, -0.15) is 0 Å². The second kappa shape index (κ2) is 9.39. The summed E-state index contributed by atoms with van der Waals surface area (Å²) < 4.78 is 7.80. The third-order valence-electron chi connectivity index (χ3n) is 4.87. The Hall–Kier alpha value is -4.40. The van der Waals surface area contributed by atoms with E-state index in [0.29, 0.717) is 34.9 Å². The molecule has 2 N–H and O–H groups in total. The number of fused-ring (bicyclic) bond motifs is 1. The number of rotatable bonds is 7. The maximum atomic E-state index is 12.8. The summed E-state index contributed by atoms with van der Waals surface area (Å²) in [6, 6.07) is 17.6. The van der Waals surface area contributed by atoms with Crippen LogP contribution in [0, 0.1) is 6.92 Å². The van der Waals surface area contributed by atoms with Gasteiger partial charge in [0.05, 0.1) is 17.9 Å². The summed E-state index contributed by atoms with van der Waals surface area (Å²) in [4.78, 5) is 37.9. The van der Waals surface area contributed by atoms with Crippen LogP contribution in [0.25, 0.3) is 5.65 Å². The standard InChI is InChI=1S/C24H23N5O4/c1-3-33-20-10-5-4-9-19(20)26-22(30)15-29-24(32)28-14-17(11-12-21(28)27-29)23(31)25-18-8-6-7-16(2)13-18/h4-14H,3,15H2,1-2H3,(H,25,31)(H,26,30). The Morgan fingerprint density at radius 1 is 1.03 bits per heavy atom. The molecule has 4 rings (SSSR count). The summed E-state index contributed by atoms with van der Waals surface area (Å²) in [6.45, 7) is 3.95. The summed E-state index contributed by atoms with van der Waals surface area (Å²) in [5.74, 6) is -0.238. The van der Waals surface area contributed by atoms with Gasteiger partial charge in [-0.15, -0.1) is 5.10 Å². The van der Waals surface area contributed by atoms with Gasteiger partial charge in [0.25, 0.3) is 5.91 Å². The Labute approximate surface area is 189 Å². The van der Waals surface area contributed by atoms with Crippen LogP contribution in [-0.4, -0.2) is 32.6 Å². The molecule has 0 bridgehead atoms. The number of hydrogen-bond acceptors (Lipinski definition) is 5. The maximum absolute atomic E-state index is 12.8. The largest absolute Gasteiger partial charge is 0.492 e. The number of hydrogen-bond donors (Lipinski definition) is 2. The highest BCUT2D eigenvalue weighted by atomic mass is 16.5. The van der Waals surface area contributed by atoms with E-state index in [1.54, 1.807) is 42.5 Å². The zero-order valence-corrected chi connectivity index (χ0v) is 18.2. The number of aryl methyl sites for hydroxylation is 1. The maximum Gasteiger partial charge on any atom is 0.350 e. The van der Waals surface area contributed by atoms with Crippen molar-refractivity contribution < 1.29 is 14.3 Å². The Bertz CT molecular complexity index is 1390. The van der Waals surface area contributed by atoms with Crippen LogP contribution in [0.3, 0.4) is 0 Å². The van der Waals surface area contributed by atoms with Crippen LogP contribution >= 0.6 is 0 Å². The van der Waals surface area contributed by atoms with Crippen LogP contribution in [0.4, 0.5) is 11.4 Å². The van der Waals surface area contributed by atoms with E-state index in [9.17, 15) is 14.4 Å². The highest BCUT2D eigenvalue weighted by Crippen LogP contribution is 2.23. The molecule has 0 saturated carbocycles. The van der Waals surface area contributed by atoms with Crippen LogP contribution in [0.15, 0.2) is 71.7 Å². The van der Waals surface area contributed by atoms with Crippen LogP contribution < -0.4 is 21.1 Å². The van der Waals surface area contributed by atoms with Gasteiger partial charge in [-0.1, -0.05) is 24.3 Å². The number of nitrogens with zero attached hydrogens (tertiary/aromatic N) is 3. The van der Waals surface area contributed by atoms with Crippen LogP contribution in [-0.2, 0) is 11.3 Å². The lowest BCUT2D eigenvalue weighted by Crippen LogP contribution is -2.28. The molecule has 0 unspecified atom stereocenters. The molecule has 0 radical (unpaired) electrons. The van der Waals surface area contributed by atoms with Crippen molar-refractivity contribution >= 4 is 28.8 Å². The lowest BCUT2D eigenvalue weighted by Gasteiger charge is -2.10. The molecule has 0 spiro atoms. The number of carbonyl (C=O) groups excluding carboxylic acids is 2. The van der Waals surface area contributed by atoms with E-state index in [-0.39, 0.29) is 12.5 Å². The van der Waals surface area contributed by atoms with Gasteiger partial charge in [-0.25, -0.2) is 13.9 Å². The predicted octanol–water partition coefficient (Wildman–Crippen LogP) is 3.09. The number of nitrogens with one attached hydrogen (secondary N) is 2. The van der Waals surface area contributed by atoms with Gasteiger partial charge < -0.3 is 15.4 Å². The molecular weight excluding hydrogens is 422 g/mol. The molecule has 0 fully saturated rings. The van der Waals surface area contributed by atoms with Gasteiger partial charge in [-0.05, 0) is 55.8 Å². The van der Waals surface area contributed by atoms with Gasteiger partial charge in [0.15, 0.2) is 5.65 Å². The molecule has 2 amide bonds. The lowest BCUT2D eigenvalue weighted by molar-refractivity contribution is -0.117. The van der Waals surface area contributed by atoms with E-state index in [2.05, 4.69) is 15.7 Å². The molecule has 168 valence electrons. The zero-order valence-electron chi connectivity index (χ0n) is 18.2. The van der Waals surface area contributed by atoms with Crippen molar-refractivity contribution in [2.24, 2.45) is 0 Å². The van der Waals surface area contributed by atoms with Gasteiger partial charge >= 0.3 is 5.69 Å². The number of aromatic nitrogens is 3. The minimum absolute atomic E-state index is 0.286. The predicted molar refractivity (Wildman–Crippen MR) is 125 cm³/mol. The molecule has 0 aliphatic rings. The van der Waals surface area contributed by atoms with Crippen molar-refractivity contribution in [2.75, 3.05) is 17.2 Å². The Kier molecular flexibility index (Phi) is 6.21. The number of amides is 2. The van der Waals surface area contributed by atoms with E-state index in [4.69, 9.17) is 4.74 Å². The molecule has 33 heavy (non-hydrogen) atoms. The summed E-state index contributed by atoms with van der Waals surface area (Å²) >= 11 is 0. The van der Waals surface area contributed by atoms with E-state index >= 15 is 0 Å². The van der Waals surface area contributed by atoms with Crippen molar-refractivity contribution in [3.63, 3.8) is 0 Å². The number of carbonyl (C=O) groups is 2. The van der Waals surface area contributed by atoms with E-state index in [0.717, 1.165) is 10.2 Å². The molecule has 9 nitrogen and oxygen atoms in total. The SMILES string of the molecule is CCOc1ccccc1NC(=O)Cn1nc2ccc(C(=O)Nc3cccc(C)c3)cn2c1=O. The zero-order chi connectivity index (χ0) is 23.4. The smallest absolute Gasteiger partial charge is 0.350 e. The highest BCUT2D eigenvalue weighted by Gasteiger charge is 2.15. The van der Waals surface area contributed by atoms with Gasteiger partial charge in [-0.3, -0.25) is 9.59 Å². The fraction of sp³-hybridized carbons (Fsp3) is 0.167. The molecule has 0 atom stereocenters. The summed E-state index contributed by atoms with van der Waals surface area (Å²) in [5.41, 5.74) is 2.28. The van der Waals surface area contributed by atoms with Crippen molar-refractivity contribution in [3.8, 4) is 5.75 Å². The molecular formula is C24H23N5O4. The first-order valence-electron chi connectivity index (χ1n) is 10.4. The fourth-order valence-corrected chi connectivity index (χ4v) is 3.36. The van der Waals surface area contributed by atoms with E-state index < -0.39 is 11.6 Å². The van der Waals surface area contributed by atoms with Gasteiger partial charge in [0.2, 0.25) is 5.91 Å². The lowest BCUT2D eigenvalue weighted by atomic mass is 10.2. The second-order valence-electron chi connectivity index (χ2n) is 7.39. The number of para-hydroxylation sites is 2. The Morgan fingerprint density at radius 2 is 1.85 bits per heavy atom. The Morgan fingerprint density at radius 3 is 2.64 bits per heavy atom. The number of pyridine rings is 1. The molecule has 4 aromatic rings. The topological polar surface area (TPSA) is 107 Å². The first-order valence-corrected chi connectivity index (χ1v) is 10.4. The molecule has 0 aliphatic carbocycles. The molecule has 2 aromatic heterocycles. The molecule has 2 heterocycles. The third kappa shape index (κ3) is 4.93. The van der Waals surface area contributed by atoms with Gasteiger partial charge in [0.1, 0.15) is 12.3 Å². The monoisotopic (exact) mass is 445 g/mol. The van der Waals surface area contributed by atoms with Crippen molar-refractivity contribution in [2.45, 2.75) is 20.4 Å². The molecule has 2 aromatic carbocycles. The summed E-state index contributed by atoms with van der Waals surface area (Å²) in [6.07, 6.45) is 1.41. The van der Waals surface area contributed by atoms with Crippen LogP contribution in [0.1, 0.15) is 22.8 Å². The average Bonchev–Trinajstić information content (AvgIpc) is 3.10. The minimum Gasteiger partial charge on any atom is -0.492 e. The summed E-state index contributed by atoms with van der Waals surface area (Å²) in [7, 11) is 0. The fourth-order valence-electron chi connectivity index (χ4n) is 3.36. The van der Waals surface area contributed by atoms with Gasteiger partial charge in [0, 0.05) is 11.9 Å². The first-order chi connectivity index (χ1) is 15.9. The molecule has 0 saturated heterocycles. The average molecular weight is 445 g/mol. The number of ether oxygens (including phenoxy) is 1. The van der Waals surface area contributed by atoms with Crippen molar-refractivity contribution in [1.29, 1.82) is 0 Å². The van der Waals surface area contributed by atoms with Crippen molar-refractivity contribution in [1.82, 2.24) is 14.2 Å². The van der Waals surface area contributed by atoms with E-state index in [1.807, 2.05) is 32.0 Å². The van der Waals surface area contributed by atoms with E-state index in [1.165, 1.54) is 10.6 Å².